The number of halogens is 1. The van der Waals surface area contributed by atoms with Crippen molar-refractivity contribution in [3.63, 3.8) is 0 Å². The maximum atomic E-state index is 5.76. The van der Waals surface area contributed by atoms with Gasteiger partial charge in [-0.1, -0.05) is 28.1 Å². The number of benzene rings is 2. The van der Waals surface area contributed by atoms with Crippen LogP contribution in [0.5, 0.6) is 5.75 Å². The molecule has 0 radical (unpaired) electrons. The zero-order chi connectivity index (χ0) is 13.2. The summed E-state index contributed by atoms with van der Waals surface area (Å²) in [6, 6.07) is 16.0. The van der Waals surface area contributed by atoms with Crippen LogP contribution in [0.1, 0.15) is 11.3 Å². The number of hydrogen-bond donors (Lipinski definition) is 0. The van der Waals surface area contributed by atoms with Crippen LogP contribution in [0.25, 0.3) is 11.0 Å². The maximum absolute atomic E-state index is 5.76. The lowest BCUT2D eigenvalue weighted by Gasteiger charge is -2.03. The smallest absolute Gasteiger partial charge is 0.146 e. The van der Waals surface area contributed by atoms with Gasteiger partial charge in [0.25, 0.3) is 0 Å². The fraction of sp³-hybridized carbons (Fsp3) is 0.125. The van der Waals surface area contributed by atoms with Gasteiger partial charge in [0, 0.05) is 9.86 Å². The summed E-state index contributed by atoms with van der Waals surface area (Å²) in [5.41, 5.74) is 2.11. The fourth-order valence-corrected chi connectivity index (χ4v) is 2.21. The normalized spacial score (nSPS) is 10.8. The SMILES string of the molecule is Cc1ccc2cc(COc3ccc(Br)cc3)oc2c1. The van der Waals surface area contributed by atoms with Crippen LogP contribution in [0.3, 0.4) is 0 Å². The first-order valence-electron chi connectivity index (χ1n) is 6.08. The van der Waals surface area contributed by atoms with E-state index in [-0.39, 0.29) is 0 Å². The highest BCUT2D eigenvalue weighted by atomic mass is 79.9. The van der Waals surface area contributed by atoms with Crippen molar-refractivity contribution in [1.82, 2.24) is 0 Å². The molecule has 0 aliphatic rings. The van der Waals surface area contributed by atoms with Gasteiger partial charge in [0.1, 0.15) is 23.7 Å². The number of hydrogen-bond acceptors (Lipinski definition) is 2. The van der Waals surface area contributed by atoms with E-state index in [1.165, 1.54) is 5.56 Å². The minimum absolute atomic E-state index is 0.440. The number of fused-ring (bicyclic) bond motifs is 1. The molecule has 0 atom stereocenters. The first-order chi connectivity index (χ1) is 9.20. The molecular formula is C16H13BrO2. The van der Waals surface area contributed by atoms with Crippen LogP contribution in [0.15, 0.2) is 57.4 Å². The van der Waals surface area contributed by atoms with Crippen LogP contribution in [-0.4, -0.2) is 0 Å². The molecule has 0 bridgehead atoms. The molecule has 2 aromatic carbocycles. The fourth-order valence-electron chi connectivity index (χ4n) is 1.95. The third kappa shape index (κ3) is 2.82. The Morgan fingerprint density at radius 1 is 1.05 bits per heavy atom. The van der Waals surface area contributed by atoms with Crippen LogP contribution in [-0.2, 0) is 6.61 Å². The van der Waals surface area contributed by atoms with E-state index < -0.39 is 0 Å². The van der Waals surface area contributed by atoms with E-state index in [0.717, 1.165) is 27.0 Å². The van der Waals surface area contributed by atoms with E-state index >= 15 is 0 Å². The van der Waals surface area contributed by atoms with Crippen molar-refractivity contribution in [3.8, 4) is 5.75 Å². The summed E-state index contributed by atoms with van der Waals surface area (Å²) in [7, 11) is 0. The largest absolute Gasteiger partial charge is 0.486 e. The molecule has 2 nitrogen and oxygen atoms in total. The monoisotopic (exact) mass is 316 g/mol. The summed E-state index contributed by atoms with van der Waals surface area (Å²) in [6.07, 6.45) is 0. The molecule has 0 amide bonds. The second-order valence-corrected chi connectivity index (χ2v) is 5.41. The molecule has 0 N–H and O–H groups in total. The van der Waals surface area contributed by atoms with Crippen molar-refractivity contribution < 1.29 is 9.15 Å². The average molecular weight is 317 g/mol. The van der Waals surface area contributed by atoms with E-state index in [1.807, 2.05) is 36.4 Å². The summed E-state index contributed by atoms with van der Waals surface area (Å²) < 4.78 is 12.5. The van der Waals surface area contributed by atoms with E-state index in [9.17, 15) is 0 Å². The van der Waals surface area contributed by atoms with Crippen molar-refractivity contribution in [1.29, 1.82) is 0 Å². The Morgan fingerprint density at radius 2 is 1.84 bits per heavy atom. The Kier molecular flexibility index (Phi) is 3.30. The molecule has 1 aromatic heterocycles. The molecule has 96 valence electrons. The summed E-state index contributed by atoms with van der Waals surface area (Å²) in [4.78, 5) is 0. The van der Waals surface area contributed by atoms with E-state index in [2.05, 4.69) is 35.0 Å². The Hall–Kier alpha value is -1.74. The lowest BCUT2D eigenvalue weighted by atomic mass is 10.2. The molecule has 1 heterocycles. The van der Waals surface area contributed by atoms with Gasteiger partial charge in [-0.25, -0.2) is 0 Å². The van der Waals surface area contributed by atoms with Crippen LogP contribution < -0.4 is 4.74 Å². The van der Waals surface area contributed by atoms with Gasteiger partial charge in [0.05, 0.1) is 0 Å². The van der Waals surface area contributed by atoms with Crippen molar-refractivity contribution in [2.24, 2.45) is 0 Å². The van der Waals surface area contributed by atoms with Gasteiger partial charge in [-0.05, 0) is 48.9 Å². The molecule has 0 aliphatic heterocycles. The number of aryl methyl sites for hydroxylation is 1. The van der Waals surface area contributed by atoms with Crippen molar-refractivity contribution in [2.75, 3.05) is 0 Å². The Bertz CT molecular complexity index is 698. The van der Waals surface area contributed by atoms with Crippen LogP contribution in [0.2, 0.25) is 0 Å². The van der Waals surface area contributed by atoms with Gasteiger partial charge >= 0.3 is 0 Å². The van der Waals surface area contributed by atoms with Crippen molar-refractivity contribution in [2.45, 2.75) is 13.5 Å². The maximum Gasteiger partial charge on any atom is 0.146 e. The van der Waals surface area contributed by atoms with Gasteiger partial charge in [-0.15, -0.1) is 0 Å². The van der Waals surface area contributed by atoms with Gasteiger partial charge in [0.15, 0.2) is 0 Å². The summed E-state index contributed by atoms with van der Waals surface area (Å²) in [5, 5.41) is 1.11. The Labute approximate surface area is 120 Å². The molecule has 0 spiro atoms. The standard InChI is InChI=1S/C16H13BrO2/c1-11-2-3-12-9-15(19-16(12)8-11)10-18-14-6-4-13(17)5-7-14/h2-9H,10H2,1H3. The quantitative estimate of drug-likeness (QED) is 0.672. The highest BCUT2D eigenvalue weighted by molar-refractivity contribution is 9.10. The number of furan rings is 1. The van der Waals surface area contributed by atoms with E-state index in [1.54, 1.807) is 0 Å². The van der Waals surface area contributed by atoms with Crippen LogP contribution >= 0.6 is 15.9 Å². The lowest BCUT2D eigenvalue weighted by molar-refractivity contribution is 0.274. The molecular weight excluding hydrogens is 304 g/mol. The molecule has 3 heteroatoms. The van der Waals surface area contributed by atoms with Gasteiger partial charge in [-0.3, -0.25) is 0 Å². The lowest BCUT2D eigenvalue weighted by Crippen LogP contribution is -1.92. The molecule has 0 aliphatic carbocycles. The zero-order valence-corrected chi connectivity index (χ0v) is 12.1. The molecule has 0 saturated carbocycles. The van der Waals surface area contributed by atoms with E-state index in [4.69, 9.17) is 9.15 Å². The topological polar surface area (TPSA) is 22.4 Å². The predicted octanol–water partition coefficient (Wildman–Crippen LogP) is 5.08. The van der Waals surface area contributed by atoms with Crippen molar-refractivity contribution >= 4 is 26.9 Å². The Morgan fingerprint density at radius 3 is 2.63 bits per heavy atom. The first kappa shape index (κ1) is 12.3. The molecule has 3 aromatic rings. The summed E-state index contributed by atoms with van der Waals surface area (Å²) in [5.74, 6) is 1.67. The highest BCUT2D eigenvalue weighted by Crippen LogP contribution is 2.22. The van der Waals surface area contributed by atoms with Crippen LogP contribution in [0.4, 0.5) is 0 Å². The minimum atomic E-state index is 0.440. The Balaban J connectivity index is 1.76. The second kappa shape index (κ2) is 5.10. The van der Waals surface area contributed by atoms with Gasteiger partial charge in [0.2, 0.25) is 0 Å². The number of rotatable bonds is 3. The molecule has 0 fully saturated rings. The zero-order valence-electron chi connectivity index (χ0n) is 10.5. The number of ether oxygens (including phenoxy) is 1. The van der Waals surface area contributed by atoms with Gasteiger partial charge in [-0.2, -0.15) is 0 Å². The van der Waals surface area contributed by atoms with E-state index in [0.29, 0.717) is 6.61 Å². The molecule has 3 rings (SSSR count). The summed E-state index contributed by atoms with van der Waals surface area (Å²) >= 11 is 3.40. The molecule has 0 unspecified atom stereocenters. The third-order valence-electron chi connectivity index (χ3n) is 2.92. The third-order valence-corrected chi connectivity index (χ3v) is 3.45. The van der Waals surface area contributed by atoms with Crippen LogP contribution in [0, 0.1) is 6.92 Å². The first-order valence-corrected chi connectivity index (χ1v) is 6.87. The second-order valence-electron chi connectivity index (χ2n) is 4.50. The van der Waals surface area contributed by atoms with Crippen molar-refractivity contribution in [3.05, 3.63) is 64.3 Å². The molecule has 0 saturated heterocycles. The highest BCUT2D eigenvalue weighted by Gasteiger charge is 2.04. The van der Waals surface area contributed by atoms with Gasteiger partial charge < -0.3 is 9.15 Å². The minimum Gasteiger partial charge on any atom is -0.486 e. The molecule has 19 heavy (non-hydrogen) atoms. The average Bonchev–Trinajstić information content (AvgIpc) is 2.80. The predicted molar refractivity (Wildman–Crippen MR) is 79.4 cm³/mol. The summed E-state index contributed by atoms with van der Waals surface area (Å²) in [6.45, 7) is 2.50.